The Kier molecular flexibility index (Phi) is 2.31. The van der Waals surface area contributed by atoms with E-state index in [9.17, 15) is 0 Å². The fourth-order valence-electron chi connectivity index (χ4n) is 3.35. The van der Waals surface area contributed by atoms with Gasteiger partial charge < -0.3 is 10.1 Å². The first kappa shape index (κ1) is 10.0. The summed E-state index contributed by atoms with van der Waals surface area (Å²) in [5.74, 6) is 1.000. The van der Waals surface area contributed by atoms with Crippen molar-refractivity contribution in [3.63, 3.8) is 0 Å². The summed E-state index contributed by atoms with van der Waals surface area (Å²) in [6.07, 6.45) is 6.82. The lowest BCUT2D eigenvalue weighted by atomic mass is 9.71. The normalized spacial score (nSPS) is 21.6. The van der Waals surface area contributed by atoms with Crippen LogP contribution in [0.4, 0.5) is 5.69 Å². The third-order valence-electron chi connectivity index (χ3n) is 4.23. The van der Waals surface area contributed by atoms with Crippen LogP contribution in [0.15, 0.2) is 18.2 Å². The fourth-order valence-corrected chi connectivity index (χ4v) is 3.35. The van der Waals surface area contributed by atoms with E-state index in [0.717, 1.165) is 12.3 Å². The number of nitrogens with one attached hydrogen (secondary N) is 1. The molecule has 1 aliphatic carbocycles. The monoisotopic (exact) mass is 217 g/mol. The zero-order valence-electron chi connectivity index (χ0n) is 9.88. The molecule has 0 bridgehead atoms. The SMILES string of the molecule is COc1cccc2c1NCC21CCCCC1. The molecule has 2 nitrogen and oxygen atoms in total. The number of anilines is 1. The number of ether oxygens (including phenoxy) is 1. The zero-order chi connectivity index (χ0) is 11.0. The Morgan fingerprint density at radius 3 is 2.75 bits per heavy atom. The lowest BCUT2D eigenvalue weighted by Gasteiger charge is -2.33. The van der Waals surface area contributed by atoms with Crippen molar-refractivity contribution in [1.29, 1.82) is 0 Å². The maximum absolute atomic E-state index is 5.43. The number of para-hydroxylation sites is 1. The van der Waals surface area contributed by atoms with Crippen molar-refractivity contribution in [3.8, 4) is 5.75 Å². The first-order valence-corrected chi connectivity index (χ1v) is 6.27. The van der Waals surface area contributed by atoms with Crippen LogP contribution in [-0.4, -0.2) is 13.7 Å². The minimum Gasteiger partial charge on any atom is -0.495 e. The van der Waals surface area contributed by atoms with E-state index in [1.54, 1.807) is 7.11 Å². The fraction of sp³-hybridized carbons (Fsp3) is 0.571. The predicted molar refractivity (Wildman–Crippen MR) is 66.2 cm³/mol. The van der Waals surface area contributed by atoms with Crippen LogP contribution in [0.2, 0.25) is 0 Å². The van der Waals surface area contributed by atoms with Gasteiger partial charge in [0.25, 0.3) is 0 Å². The molecule has 1 spiro atoms. The summed E-state index contributed by atoms with van der Waals surface area (Å²) in [7, 11) is 1.75. The Morgan fingerprint density at radius 2 is 2.00 bits per heavy atom. The van der Waals surface area contributed by atoms with Crippen LogP contribution in [0, 0.1) is 0 Å². The van der Waals surface area contributed by atoms with Crippen LogP contribution in [0.5, 0.6) is 5.75 Å². The van der Waals surface area contributed by atoms with Gasteiger partial charge in [0.15, 0.2) is 0 Å². The molecule has 1 fully saturated rings. The van der Waals surface area contributed by atoms with Crippen molar-refractivity contribution in [2.75, 3.05) is 19.0 Å². The lowest BCUT2D eigenvalue weighted by molar-refractivity contribution is 0.319. The van der Waals surface area contributed by atoms with Crippen molar-refractivity contribution in [1.82, 2.24) is 0 Å². The Labute approximate surface area is 97.0 Å². The number of rotatable bonds is 1. The number of benzene rings is 1. The Bertz CT molecular complexity index is 394. The second kappa shape index (κ2) is 3.69. The highest BCUT2D eigenvalue weighted by atomic mass is 16.5. The maximum Gasteiger partial charge on any atom is 0.142 e. The van der Waals surface area contributed by atoms with Crippen LogP contribution < -0.4 is 10.1 Å². The second-order valence-electron chi connectivity index (χ2n) is 5.08. The number of hydrogen-bond donors (Lipinski definition) is 1. The van der Waals surface area contributed by atoms with Gasteiger partial charge in [-0.3, -0.25) is 0 Å². The summed E-state index contributed by atoms with van der Waals surface area (Å²) >= 11 is 0. The third-order valence-corrected chi connectivity index (χ3v) is 4.23. The summed E-state index contributed by atoms with van der Waals surface area (Å²) in [6.45, 7) is 1.10. The van der Waals surface area contributed by atoms with Crippen LogP contribution >= 0.6 is 0 Å². The summed E-state index contributed by atoms with van der Waals surface area (Å²) in [5, 5.41) is 3.56. The van der Waals surface area contributed by atoms with Gasteiger partial charge in [-0.25, -0.2) is 0 Å². The quantitative estimate of drug-likeness (QED) is 0.779. The largest absolute Gasteiger partial charge is 0.495 e. The molecule has 0 aromatic heterocycles. The van der Waals surface area contributed by atoms with E-state index in [2.05, 4.69) is 17.4 Å². The molecule has 0 amide bonds. The Hall–Kier alpha value is -1.18. The molecular formula is C14H19NO. The van der Waals surface area contributed by atoms with Crippen molar-refractivity contribution < 1.29 is 4.74 Å². The summed E-state index contributed by atoms with van der Waals surface area (Å²) in [6, 6.07) is 6.46. The molecule has 3 rings (SSSR count). The van der Waals surface area contributed by atoms with Gasteiger partial charge in [-0.05, 0) is 24.5 Å². The van der Waals surface area contributed by atoms with E-state index < -0.39 is 0 Å². The summed E-state index contributed by atoms with van der Waals surface area (Å²) in [4.78, 5) is 0. The third kappa shape index (κ3) is 1.32. The molecule has 0 saturated heterocycles. The zero-order valence-corrected chi connectivity index (χ0v) is 9.88. The standard InChI is InChI=1S/C14H19NO/c1-16-12-7-5-6-11-13(12)15-10-14(11)8-3-2-4-9-14/h5-7,15H,2-4,8-10H2,1H3. The molecule has 2 heteroatoms. The van der Waals surface area contributed by atoms with Crippen molar-refractivity contribution in [2.24, 2.45) is 0 Å². The van der Waals surface area contributed by atoms with Crippen LogP contribution in [0.3, 0.4) is 0 Å². The highest BCUT2D eigenvalue weighted by Crippen LogP contribution is 2.49. The number of methoxy groups -OCH3 is 1. The summed E-state index contributed by atoms with van der Waals surface area (Å²) < 4.78 is 5.43. The first-order chi connectivity index (χ1) is 7.86. The van der Waals surface area contributed by atoms with E-state index in [1.165, 1.54) is 43.4 Å². The minimum absolute atomic E-state index is 0.405. The molecule has 1 heterocycles. The van der Waals surface area contributed by atoms with E-state index in [0.29, 0.717) is 5.41 Å². The average Bonchev–Trinajstić information content (AvgIpc) is 2.70. The molecular weight excluding hydrogens is 198 g/mol. The second-order valence-corrected chi connectivity index (χ2v) is 5.08. The lowest BCUT2D eigenvalue weighted by Crippen LogP contribution is -2.30. The van der Waals surface area contributed by atoms with Gasteiger partial charge in [-0.1, -0.05) is 31.4 Å². The minimum atomic E-state index is 0.405. The van der Waals surface area contributed by atoms with Gasteiger partial charge in [-0.15, -0.1) is 0 Å². The molecule has 1 aliphatic heterocycles. The molecule has 16 heavy (non-hydrogen) atoms. The van der Waals surface area contributed by atoms with Gasteiger partial charge in [0.1, 0.15) is 5.75 Å². The molecule has 0 atom stereocenters. The van der Waals surface area contributed by atoms with Crippen LogP contribution in [0.25, 0.3) is 0 Å². The number of fused-ring (bicyclic) bond motifs is 2. The molecule has 86 valence electrons. The maximum atomic E-state index is 5.43. The smallest absolute Gasteiger partial charge is 0.142 e. The number of hydrogen-bond acceptors (Lipinski definition) is 2. The van der Waals surface area contributed by atoms with Crippen molar-refractivity contribution >= 4 is 5.69 Å². The van der Waals surface area contributed by atoms with Gasteiger partial charge in [-0.2, -0.15) is 0 Å². The molecule has 2 aliphatic rings. The van der Waals surface area contributed by atoms with Crippen molar-refractivity contribution in [2.45, 2.75) is 37.5 Å². The highest BCUT2D eigenvalue weighted by Gasteiger charge is 2.40. The molecule has 1 N–H and O–H groups in total. The molecule has 1 aromatic carbocycles. The topological polar surface area (TPSA) is 21.3 Å². The van der Waals surface area contributed by atoms with Gasteiger partial charge in [0.2, 0.25) is 0 Å². The van der Waals surface area contributed by atoms with Gasteiger partial charge >= 0.3 is 0 Å². The van der Waals surface area contributed by atoms with Crippen LogP contribution in [-0.2, 0) is 5.41 Å². The van der Waals surface area contributed by atoms with Crippen LogP contribution in [0.1, 0.15) is 37.7 Å². The van der Waals surface area contributed by atoms with E-state index in [-0.39, 0.29) is 0 Å². The van der Waals surface area contributed by atoms with E-state index in [4.69, 9.17) is 4.74 Å². The van der Waals surface area contributed by atoms with Gasteiger partial charge in [0.05, 0.1) is 12.8 Å². The van der Waals surface area contributed by atoms with E-state index >= 15 is 0 Å². The highest BCUT2D eigenvalue weighted by molar-refractivity contribution is 5.68. The molecule has 0 unspecified atom stereocenters. The first-order valence-electron chi connectivity index (χ1n) is 6.27. The Balaban J connectivity index is 2.04. The van der Waals surface area contributed by atoms with Crippen molar-refractivity contribution in [3.05, 3.63) is 23.8 Å². The predicted octanol–water partition coefficient (Wildman–Crippen LogP) is 3.32. The molecule has 0 radical (unpaired) electrons. The van der Waals surface area contributed by atoms with Gasteiger partial charge in [0, 0.05) is 12.0 Å². The Morgan fingerprint density at radius 1 is 1.19 bits per heavy atom. The summed E-state index contributed by atoms with van der Waals surface area (Å²) in [5.41, 5.74) is 3.14. The van der Waals surface area contributed by atoms with E-state index in [1.807, 2.05) is 6.07 Å². The average molecular weight is 217 g/mol. The molecule has 1 aromatic rings. The molecule has 1 saturated carbocycles.